The van der Waals surface area contributed by atoms with Gasteiger partial charge < -0.3 is 15.0 Å². The molecule has 0 amide bonds. The van der Waals surface area contributed by atoms with Crippen molar-refractivity contribution in [2.45, 2.75) is 25.6 Å². The average Bonchev–Trinajstić information content (AvgIpc) is 2.39. The van der Waals surface area contributed by atoms with E-state index in [0.29, 0.717) is 19.0 Å². The molecule has 1 unspecified atom stereocenters. The van der Waals surface area contributed by atoms with Gasteiger partial charge in [-0.25, -0.2) is 0 Å². The number of nitrogens with zero attached hydrogens (tertiary/aromatic N) is 1. The van der Waals surface area contributed by atoms with Crippen LogP contribution in [0.25, 0.3) is 0 Å². The van der Waals surface area contributed by atoms with E-state index >= 15 is 0 Å². The van der Waals surface area contributed by atoms with E-state index in [2.05, 4.69) is 21.9 Å². The molecule has 3 nitrogen and oxygen atoms in total. The molecule has 6 heteroatoms. The molecule has 1 aliphatic heterocycles. The Morgan fingerprint density at radius 3 is 2.85 bits per heavy atom. The molecule has 112 valence electrons. The van der Waals surface area contributed by atoms with E-state index < -0.39 is 12.8 Å². The number of anilines is 2. The molecule has 1 aromatic carbocycles. The molecule has 0 aliphatic carbocycles. The normalized spacial score (nSPS) is 18.6. The molecule has 1 atom stereocenters. The Morgan fingerprint density at radius 1 is 1.35 bits per heavy atom. The third-order valence-corrected chi connectivity index (χ3v) is 3.29. The van der Waals surface area contributed by atoms with Crippen LogP contribution in [0.15, 0.2) is 24.3 Å². The molecule has 0 saturated heterocycles. The summed E-state index contributed by atoms with van der Waals surface area (Å²) in [6.45, 7) is 2.58. The minimum atomic E-state index is -4.24. The number of hydrogen-bond acceptors (Lipinski definition) is 3. The van der Waals surface area contributed by atoms with Crippen LogP contribution in [0.4, 0.5) is 24.5 Å². The highest BCUT2D eigenvalue weighted by Gasteiger charge is 2.27. The molecule has 1 heterocycles. The van der Waals surface area contributed by atoms with Crippen molar-refractivity contribution in [1.82, 2.24) is 0 Å². The third kappa shape index (κ3) is 4.03. The highest BCUT2D eigenvalue weighted by atomic mass is 19.4. The Balaban J connectivity index is 1.83. The molecule has 0 fully saturated rings. The molecular formula is C14H19F3N2O. The first-order valence-electron chi connectivity index (χ1n) is 6.71. The number of alkyl halides is 3. The van der Waals surface area contributed by atoms with E-state index in [0.717, 1.165) is 17.9 Å². The molecule has 0 spiro atoms. The van der Waals surface area contributed by atoms with Gasteiger partial charge in [0.05, 0.1) is 11.4 Å². The average molecular weight is 288 g/mol. The second-order valence-corrected chi connectivity index (χ2v) is 4.96. The maximum atomic E-state index is 12.0. The predicted octanol–water partition coefficient (Wildman–Crippen LogP) is 3.28. The molecule has 0 radical (unpaired) electrons. The van der Waals surface area contributed by atoms with Crippen molar-refractivity contribution in [3.8, 4) is 0 Å². The van der Waals surface area contributed by atoms with Crippen molar-refractivity contribution in [2.75, 3.05) is 36.5 Å². The van der Waals surface area contributed by atoms with Crippen molar-refractivity contribution in [3.63, 3.8) is 0 Å². The van der Waals surface area contributed by atoms with Gasteiger partial charge >= 0.3 is 6.18 Å². The smallest absolute Gasteiger partial charge is 0.381 e. The highest BCUT2D eigenvalue weighted by molar-refractivity contribution is 5.72. The van der Waals surface area contributed by atoms with Crippen molar-refractivity contribution >= 4 is 11.4 Å². The summed E-state index contributed by atoms with van der Waals surface area (Å²) in [5.74, 6) is 0. The van der Waals surface area contributed by atoms with Gasteiger partial charge in [-0.1, -0.05) is 12.1 Å². The molecule has 0 aromatic heterocycles. The second kappa shape index (κ2) is 6.35. The molecule has 2 rings (SSSR count). The Kier molecular flexibility index (Phi) is 4.75. The van der Waals surface area contributed by atoms with Crippen molar-refractivity contribution in [2.24, 2.45) is 0 Å². The molecule has 1 aliphatic rings. The first-order chi connectivity index (χ1) is 9.47. The fourth-order valence-electron chi connectivity index (χ4n) is 2.34. The van der Waals surface area contributed by atoms with Crippen LogP contribution in [-0.2, 0) is 4.74 Å². The second-order valence-electron chi connectivity index (χ2n) is 4.96. The van der Waals surface area contributed by atoms with Gasteiger partial charge in [0.25, 0.3) is 0 Å². The van der Waals surface area contributed by atoms with Crippen molar-refractivity contribution in [1.29, 1.82) is 0 Å². The summed E-state index contributed by atoms with van der Waals surface area (Å²) in [6, 6.07) is 8.27. The number of para-hydroxylation sites is 2. The maximum absolute atomic E-state index is 12.0. The van der Waals surface area contributed by atoms with Crippen LogP contribution in [0.2, 0.25) is 0 Å². The van der Waals surface area contributed by atoms with Crippen LogP contribution in [-0.4, -0.2) is 38.5 Å². The zero-order chi connectivity index (χ0) is 14.6. The fraction of sp³-hybridized carbons (Fsp3) is 0.571. The van der Waals surface area contributed by atoms with Crippen LogP contribution in [0.1, 0.15) is 13.3 Å². The van der Waals surface area contributed by atoms with E-state index in [1.165, 1.54) is 0 Å². The van der Waals surface area contributed by atoms with Crippen LogP contribution < -0.4 is 10.2 Å². The Bertz CT molecular complexity index is 437. The summed E-state index contributed by atoms with van der Waals surface area (Å²) in [6.07, 6.45) is -3.66. The third-order valence-electron chi connectivity index (χ3n) is 3.29. The topological polar surface area (TPSA) is 24.5 Å². The molecule has 0 saturated carbocycles. The summed E-state index contributed by atoms with van der Waals surface area (Å²) in [5.41, 5.74) is 2.17. The molecule has 1 N–H and O–H groups in total. The predicted molar refractivity (Wildman–Crippen MR) is 73.2 cm³/mol. The molecular weight excluding hydrogens is 269 g/mol. The lowest BCUT2D eigenvalue weighted by molar-refractivity contribution is -0.173. The number of fused-ring (bicyclic) bond motifs is 1. The molecule has 20 heavy (non-hydrogen) atoms. The number of rotatable bonds is 5. The van der Waals surface area contributed by atoms with Gasteiger partial charge in [-0.2, -0.15) is 13.2 Å². The summed E-state index contributed by atoms with van der Waals surface area (Å²) in [4.78, 5) is 2.21. The Labute approximate surface area is 116 Å². The Hall–Kier alpha value is -1.43. The quantitative estimate of drug-likeness (QED) is 0.842. The van der Waals surface area contributed by atoms with Gasteiger partial charge in [-0.05, 0) is 25.5 Å². The lowest BCUT2D eigenvalue weighted by atomic mass is 10.1. The largest absolute Gasteiger partial charge is 0.411 e. The zero-order valence-electron chi connectivity index (χ0n) is 11.4. The van der Waals surface area contributed by atoms with Crippen LogP contribution >= 0.6 is 0 Å². The number of nitrogens with one attached hydrogen (secondary N) is 1. The van der Waals surface area contributed by atoms with Gasteiger partial charge in [0, 0.05) is 25.7 Å². The summed E-state index contributed by atoms with van der Waals surface area (Å²) in [7, 11) is 0. The lowest BCUT2D eigenvalue weighted by Crippen LogP contribution is -2.42. The monoisotopic (exact) mass is 288 g/mol. The first-order valence-corrected chi connectivity index (χ1v) is 6.71. The van der Waals surface area contributed by atoms with Gasteiger partial charge in [0.2, 0.25) is 0 Å². The Morgan fingerprint density at radius 2 is 2.10 bits per heavy atom. The summed E-state index contributed by atoms with van der Waals surface area (Å²) in [5, 5.41) is 3.34. The first kappa shape index (κ1) is 15.0. The van der Waals surface area contributed by atoms with Crippen LogP contribution in [0, 0.1) is 0 Å². The molecule has 0 bridgehead atoms. The van der Waals surface area contributed by atoms with Gasteiger partial charge in [-0.15, -0.1) is 0 Å². The van der Waals surface area contributed by atoms with E-state index in [-0.39, 0.29) is 6.61 Å². The maximum Gasteiger partial charge on any atom is 0.411 e. The summed E-state index contributed by atoms with van der Waals surface area (Å²) < 4.78 is 40.5. The number of benzene rings is 1. The lowest BCUT2D eigenvalue weighted by Gasteiger charge is -2.37. The zero-order valence-corrected chi connectivity index (χ0v) is 11.4. The SMILES string of the molecule is CC1CNc2ccccc2N1CCCOCC(F)(F)F. The number of hydrogen-bond donors (Lipinski definition) is 1. The van der Waals surface area contributed by atoms with Gasteiger partial charge in [0.15, 0.2) is 0 Å². The van der Waals surface area contributed by atoms with E-state index in [1.807, 2.05) is 24.3 Å². The number of halogens is 3. The minimum absolute atomic E-state index is 0.123. The van der Waals surface area contributed by atoms with Crippen LogP contribution in [0.3, 0.4) is 0 Å². The van der Waals surface area contributed by atoms with E-state index in [9.17, 15) is 13.2 Å². The van der Waals surface area contributed by atoms with E-state index in [1.54, 1.807) is 0 Å². The standard InChI is InChI=1S/C14H19F3N2O/c1-11-9-18-12-5-2-3-6-13(12)19(11)7-4-8-20-10-14(15,16)17/h2-3,5-6,11,18H,4,7-10H2,1H3. The summed E-state index contributed by atoms with van der Waals surface area (Å²) >= 11 is 0. The minimum Gasteiger partial charge on any atom is -0.381 e. The fourth-order valence-corrected chi connectivity index (χ4v) is 2.34. The van der Waals surface area contributed by atoms with Gasteiger partial charge in [-0.3, -0.25) is 0 Å². The van der Waals surface area contributed by atoms with Gasteiger partial charge in [0.1, 0.15) is 6.61 Å². The van der Waals surface area contributed by atoms with Crippen molar-refractivity contribution < 1.29 is 17.9 Å². The number of ether oxygens (including phenoxy) is 1. The van der Waals surface area contributed by atoms with Crippen molar-refractivity contribution in [3.05, 3.63) is 24.3 Å². The van der Waals surface area contributed by atoms with Crippen LogP contribution in [0.5, 0.6) is 0 Å². The highest BCUT2D eigenvalue weighted by Crippen LogP contribution is 2.30. The van der Waals surface area contributed by atoms with E-state index in [4.69, 9.17) is 0 Å². The molecule has 1 aromatic rings.